The summed E-state index contributed by atoms with van der Waals surface area (Å²) in [6, 6.07) is 16.4. The van der Waals surface area contributed by atoms with Gasteiger partial charge in [-0.3, -0.25) is 5.10 Å². The molecule has 0 radical (unpaired) electrons. The second kappa shape index (κ2) is 6.89. The molecule has 24 heavy (non-hydrogen) atoms. The largest absolute Gasteiger partial charge is 0.496 e. The first-order valence-corrected chi connectivity index (χ1v) is 8.10. The first-order chi connectivity index (χ1) is 11.6. The SMILES string of the molecule is COc1cc(C)c(C)cc1C(CN)c1cc(-c2ccccc2)n[nH]1. The predicted molar refractivity (Wildman–Crippen MR) is 97.4 cm³/mol. The standard InChI is InChI=1S/C20H23N3O/c1-13-9-16(20(24-3)10-14(13)2)17(12-21)19-11-18(22-23-19)15-7-5-4-6-8-15/h4-11,17H,12,21H2,1-3H3,(H,22,23). The van der Waals surface area contributed by atoms with Crippen molar-refractivity contribution in [3.63, 3.8) is 0 Å². The summed E-state index contributed by atoms with van der Waals surface area (Å²) < 4.78 is 5.59. The molecule has 1 aromatic heterocycles. The molecule has 124 valence electrons. The summed E-state index contributed by atoms with van der Waals surface area (Å²) in [4.78, 5) is 0. The van der Waals surface area contributed by atoms with E-state index in [1.165, 1.54) is 11.1 Å². The second-order valence-corrected chi connectivity index (χ2v) is 6.04. The Labute approximate surface area is 142 Å². The third-order valence-electron chi connectivity index (χ3n) is 4.50. The van der Waals surface area contributed by atoms with Crippen molar-refractivity contribution in [1.29, 1.82) is 0 Å². The Balaban J connectivity index is 2.01. The fraction of sp³-hybridized carbons (Fsp3) is 0.250. The van der Waals surface area contributed by atoms with Gasteiger partial charge in [0, 0.05) is 29.3 Å². The molecule has 3 N–H and O–H groups in total. The molecule has 0 saturated heterocycles. The maximum Gasteiger partial charge on any atom is 0.123 e. The first-order valence-electron chi connectivity index (χ1n) is 8.10. The van der Waals surface area contributed by atoms with E-state index >= 15 is 0 Å². The highest BCUT2D eigenvalue weighted by Crippen LogP contribution is 2.34. The Morgan fingerprint density at radius 3 is 2.46 bits per heavy atom. The van der Waals surface area contributed by atoms with Crippen LogP contribution in [0.5, 0.6) is 5.75 Å². The quantitative estimate of drug-likeness (QED) is 0.751. The lowest BCUT2D eigenvalue weighted by Crippen LogP contribution is -2.15. The molecule has 4 nitrogen and oxygen atoms in total. The molecule has 0 saturated carbocycles. The molecule has 1 unspecified atom stereocenters. The van der Waals surface area contributed by atoms with Gasteiger partial charge < -0.3 is 10.5 Å². The van der Waals surface area contributed by atoms with Crippen LogP contribution in [0.25, 0.3) is 11.3 Å². The van der Waals surface area contributed by atoms with Crippen molar-refractivity contribution >= 4 is 0 Å². The number of nitrogens with zero attached hydrogens (tertiary/aromatic N) is 1. The molecule has 2 aromatic carbocycles. The van der Waals surface area contributed by atoms with Crippen LogP contribution in [0.15, 0.2) is 48.5 Å². The minimum atomic E-state index is 0.0178. The Bertz CT molecular complexity index is 824. The van der Waals surface area contributed by atoms with Gasteiger partial charge in [-0.1, -0.05) is 36.4 Å². The van der Waals surface area contributed by atoms with Crippen LogP contribution in [0.1, 0.15) is 28.3 Å². The van der Waals surface area contributed by atoms with E-state index in [-0.39, 0.29) is 5.92 Å². The Morgan fingerprint density at radius 1 is 1.08 bits per heavy atom. The van der Waals surface area contributed by atoms with Crippen molar-refractivity contribution in [3.8, 4) is 17.0 Å². The smallest absolute Gasteiger partial charge is 0.123 e. The summed E-state index contributed by atoms with van der Waals surface area (Å²) in [7, 11) is 1.70. The fourth-order valence-electron chi connectivity index (χ4n) is 2.95. The number of nitrogens with one attached hydrogen (secondary N) is 1. The van der Waals surface area contributed by atoms with E-state index in [0.29, 0.717) is 6.54 Å². The number of methoxy groups -OCH3 is 1. The van der Waals surface area contributed by atoms with Crippen LogP contribution in [0.2, 0.25) is 0 Å². The molecule has 3 rings (SSSR count). The molecule has 0 aliphatic heterocycles. The number of aromatic amines is 1. The number of benzene rings is 2. The van der Waals surface area contributed by atoms with Gasteiger partial charge in [-0.05, 0) is 37.1 Å². The number of rotatable bonds is 5. The van der Waals surface area contributed by atoms with Crippen molar-refractivity contribution in [3.05, 3.63) is 70.9 Å². The van der Waals surface area contributed by atoms with Crippen LogP contribution in [0.4, 0.5) is 0 Å². The second-order valence-electron chi connectivity index (χ2n) is 6.04. The maximum atomic E-state index is 6.09. The zero-order valence-electron chi connectivity index (χ0n) is 14.3. The van der Waals surface area contributed by atoms with Crippen molar-refractivity contribution in [1.82, 2.24) is 10.2 Å². The van der Waals surface area contributed by atoms with Crippen molar-refractivity contribution < 1.29 is 4.74 Å². The zero-order chi connectivity index (χ0) is 17.1. The van der Waals surface area contributed by atoms with E-state index in [0.717, 1.165) is 28.3 Å². The molecular weight excluding hydrogens is 298 g/mol. The normalized spacial score (nSPS) is 12.2. The number of H-pyrrole nitrogens is 1. The topological polar surface area (TPSA) is 63.9 Å². The van der Waals surface area contributed by atoms with Gasteiger partial charge in [0.05, 0.1) is 12.8 Å². The first kappa shape index (κ1) is 16.3. The van der Waals surface area contributed by atoms with E-state index in [2.05, 4.69) is 42.2 Å². The Kier molecular flexibility index (Phi) is 4.67. The summed E-state index contributed by atoms with van der Waals surface area (Å²) in [5.41, 5.74) is 12.6. The van der Waals surface area contributed by atoms with Gasteiger partial charge in [-0.25, -0.2) is 0 Å². The van der Waals surface area contributed by atoms with Gasteiger partial charge in [0.25, 0.3) is 0 Å². The lowest BCUT2D eigenvalue weighted by Gasteiger charge is -2.19. The number of hydrogen-bond donors (Lipinski definition) is 2. The molecule has 0 fully saturated rings. The summed E-state index contributed by atoms with van der Waals surface area (Å²) in [6.45, 7) is 4.67. The van der Waals surface area contributed by atoms with Crippen LogP contribution in [0.3, 0.4) is 0 Å². The highest BCUT2D eigenvalue weighted by Gasteiger charge is 2.20. The highest BCUT2D eigenvalue weighted by molar-refractivity contribution is 5.60. The average Bonchev–Trinajstić information content (AvgIpc) is 3.09. The summed E-state index contributed by atoms with van der Waals surface area (Å²) in [5, 5.41) is 7.61. The van der Waals surface area contributed by atoms with Crippen LogP contribution < -0.4 is 10.5 Å². The molecular formula is C20H23N3O. The van der Waals surface area contributed by atoms with E-state index in [4.69, 9.17) is 10.5 Å². The predicted octanol–water partition coefficient (Wildman–Crippen LogP) is 3.79. The van der Waals surface area contributed by atoms with E-state index in [1.54, 1.807) is 7.11 Å². The zero-order valence-corrected chi connectivity index (χ0v) is 14.3. The number of nitrogens with two attached hydrogens (primary N) is 1. The van der Waals surface area contributed by atoms with Crippen LogP contribution >= 0.6 is 0 Å². The Hall–Kier alpha value is -2.59. The lowest BCUT2D eigenvalue weighted by atomic mass is 9.91. The molecule has 1 heterocycles. The van der Waals surface area contributed by atoms with Crippen LogP contribution in [-0.4, -0.2) is 23.9 Å². The Morgan fingerprint density at radius 2 is 1.79 bits per heavy atom. The molecule has 0 aliphatic rings. The third-order valence-corrected chi connectivity index (χ3v) is 4.50. The maximum absolute atomic E-state index is 6.09. The molecule has 3 aromatic rings. The molecule has 4 heteroatoms. The molecule has 0 bridgehead atoms. The molecule has 0 spiro atoms. The molecule has 0 amide bonds. The monoisotopic (exact) mass is 321 g/mol. The minimum Gasteiger partial charge on any atom is -0.496 e. The van der Waals surface area contributed by atoms with Gasteiger partial charge in [-0.2, -0.15) is 5.10 Å². The van der Waals surface area contributed by atoms with Crippen LogP contribution in [-0.2, 0) is 0 Å². The average molecular weight is 321 g/mol. The van der Waals surface area contributed by atoms with E-state index in [9.17, 15) is 0 Å². The van der Waals surface area contributed by atoms with E-state index < -0.39 is 0 Å². The number of hydrogen-bond acceptors (Lipinski definition) is 3. The van der Waals surface area contributed by atoms with Gasteiger partial charge in [0.1, 0.15) is 5.75 Å². The molecule has 0 aliphatic carbocycles. The highest BCUT2D eigenvalue weighted by atomic mass is 16.5. The number of ether oxygens (including phenoxy) is 1. The molecule has 1 atom stereocenters. The number of aryl methyl sites for hydroxylation is 2. The summed E-state index contributed by atoms with van der Waals surface area (Å²) in [6.07, 6.45) is 0. The van der Waals surface area contributed by atoms with Gasteiger partial charge >= 0.3 is 0 Å². The third kappa shape index (κ3) is 3.05. The van der Waals surface area contributed by atoms with Crippen LogP contribution in [0, 0.1) is 13.8 Å². The summed E-state index contributed by atoms with van der Waals surface area (Å²) in [5.74, 6) is 0.883. The van der Waals surface area contributed by atoms with Gasteiger partial charge in [-0.15, -0.1) is 0 Å². The summed E-state index contributed by atoms with van der Waals surface area (Å²) >= 11 is 0. The fourth-order valence-corrected chi connectivity index (χ4v) is 2.95. The lowest BCUT2D eigenvalue weighted by molar-refractivity contribution is 0.407. The minimum absolute atomic E-state index is 0.0178. The van der Waals surface area contributed by atoms with E-state index in [1.807, 2.05) is 30.3 Å². The van der Waals surface area contributed by atoms with Crippen molar-refractivity contribution in [2.24, 2.45) is 5.73 Å². The van der Waals surface area contributed by atoms with Gasteiger partial charge in [0.15, 0.2) is 0 Å². The van der Waals surface area contributed by atoms with Crippen molar-refractivity contribution in [2.75, 3.05) is 13.7 Å². The van der Waals surface area contributed by atoms with Gasteiger partial charge in [0.2, 0.25) is 0 Å². The number of aromatic nitrogens is 2. The van der Waals surface area contributed by atoms with Crippen molar-refractivity contribution in [2.45, 2.75) is 19.8 Å².